The third-order valence-electron chi connectivity index (χ3n) is 2.65. The molecule has 0 aliphatic carbocycles. The van der Waals surface area contributed by atoms with Crippen LogP contribution >= 0.6 is 0 Å². The third kappa shape index (κ3) is 2.67. The first-order chi connectivity index (χ1) is 7.26. The number of aromatic hydroxyl groups is 1. The number of hydrogen-bond donors (Lipinski definition) is 2. The molecule has 90 valence electrons. The van der Waals surface area contributed by atoms with Crippen molar-refractivity contribution in [2.75, 3.05) is 7.11 Å². The van der Waals surface area contributed by atoms with Crippen LogP contribution in [0.1, 0.15) is 30.5 Å². The first-order valence-corrected chi connectivity index (χ1v) is 5.41. The highest BCUT2D eigenvalue weighted by Gasteiger charge is 2.18. The molecule has 0 radical (unpaired) electrons. The van der Waals surface area contributed by atoms with Crippen molar-refractivity contribution in [3.05, 3.63) is 22.8 Å². The van der Waals surface area contributed by atoms with Crippen molar-refractivity contribution < 1.29 is 9.84 Å². The van der Waals surface area contributed by atoms with Crippen LogP contribution in [0.25, 0.3) is 0 Å². The zero-order chi connectivity index (χ0) is 12.5. The Morgan fingerprint density at radius 3 is 2.38 bits per heavy atom. The Bertz CT molecular complexity index is 392. The molecule has 0 spiro atoms. The van der Waals surface area contributed by atoms with Gasteiger partial charge in [0, 0.05) is 5.54 Å². The average Bonchev–Trinajstić information content (AvgIpc) is 2.13. The van der Waals surface area contributed by atoms with Gasteiger partial charge < -0.3 is 15.6 Å². The predicted octanol–water partition coefficient (Wildman–Crippen LogP) is 2.30. The lowest BCUT2D eigenvalue weighted by Gasteiger charge is -2.22. The molecular weight excluding hydrogens is 202 g/mol. The van der Waals surface area contributed by atoms with Gasteiger partial charge in [-0.25, -0.2) is 0 Å². The highest BCUT2D eigenvalue weighted by Crippen LogP contribution is 2.36. The van der Waals surface area contributed by atoms with Crippen LogP contribution in [0.5, 0.6) is 11.5 Å². The first-order valence-electron chi connectivity index (χ1n) is 5.41. The zero-order valence-electron chi connectivity index (χ0n) is 10.7. The van der Waals surface area contributed by atoms with E-state index in [-0.39, 0.29) is 11.3 Å². The predicted molar refractivity (Wildman–Crippen MR) is 66.1 cm³/mol. The van der Waals surface area contributed by atoms with Crippen LogP contribution in [-0.4, -0.2) is 17.8 Å². The average molecular weight is 223 g/mol. The quantitative estimate of drug-likeness (QED) is 0.826. The minimum atomic E-state index is -0.265. The van der Waals surface area contributed by atoms with Crippen LogP contribution in [0.15, 0.2) is 6.07 Å². The molecule has 0 amide bonds. The van der Waals surface area contributed by atoms with Crippen LogP contribution in [0.3, 0.4) is 0 Å². The van der Waals surface area contributed by atoms with Crippen LogP contribution in [0.2, 0.25) is 0 Å². The fourth-order valence-corrected chi connectivity index (χ4v) is 1.86. The molecule has 3 heteroatoms. The summed E-state index contributed by atoms with van der Waals surface area (Å²) in [5.41, 5.74) is 8.66. The Morgan fingerprint density at radius 2 is 1.94 bits per heavy atom. The van der Waals surface area contributed by atoms with Gasteiger partial charge in [-0.2, -0.15) is 0 Å². The van der Waals surface area contributed by atoms with Crippen molar-refractivity contribution in [2.45, 2.75) is 39.7 Å². The number of phenolic OH excluding ortho intramolecular Hbond substituents is 1. The summed E-state index contributed by atoms with van der Waals surface area (Å²) in [6, 6.07) is 1.97. The molecule has 0 aliphatic heterocycles. The number of nitrogens with two attached hydrogens (primary N) is 1. The van der Waals surface area contributed by atoms with E-state index in [4.69, 9.17) is 10.5 Å². The van der Waals surface area contributed by atoms with E-state index in [9.17, 15) is 5.11 Å². The van der Waals surface area contributed by atoms with Gasteiger partial charge in [-0.05, 0) is 50.8 Å². The van der Waals surface area contributed by atoms with E-state index >= 15 is 0 Å². The Balaban J connectivity index is 3.26. The normalized spacial score (nSPS) is 11.6. The fourth-order valence-electron chi connectivity index (χ4n) is 1.86. The SMILES string of the molecule is COc1c(C)c(CC(C)(C)N)cc(C)c1O. The van der Waals surface area contributed by atoms with Gasteiger partial charge in [-0.1, -0.05) is 6.07 Å². The number of aryl methyl sites for hydroxylation is 1. The maximum absolute atomic E-state index is 9.84. The Morgan fingerprint density at radius 1 is 1.38 bits per heavy atom. The standard InChI is InChI=1S/C13H21NO2/c1-8-6-10(7-13(3,4)14)9(2)12(16-5)11(8)15/h6,15H,7,14H2,1-5H3. The molecule has 1 rings (SSSR count). The van der Waals surface area contributed by atoms with E-state index < -0.39 is 0 Å². The molecule has 0 aromatic heterocycles. The maximum atomic E-state index is 9.84. The molecule has 0 bridgehead atoms. The Kier molecular flexibility index (Phi) is 3.48. The summed E-state index contributed by atoms with van der Waals surface area (Å²) in [6.07, 6.45) is 0.760. The van der Waals surface area contributed by atoms with Gasteiger partial charge in [-0.3, -0.25) is 0 Å². The van der Waals surface area contributed by atoms with Crippen molar-refractivity contribution in [1.82, 2.24) is 0 Å². The molecule has 0 aliphatic rings. The van der Waals surface area contributed by atoms with E-state index in [0.717, 1.165) is 23.1 Å². The second-order valence-corrected chi connectivity index (χ2v) is 5.02. The highest BCUT2D eigenvalue weighted by molar-refractivity contribution is 5.54. The lowest BCUT2D eigenvalue weighted by molar-refractivity contribution is 0.367. The van der Waals surface area contributed by atoms with Crippen LogP contribution < -0.4 is 10.5 Å². The molecular formula is C13H21NO2. The van der Waals surface area contributed by atoms with Crippen molar-refractivity contribution >= 4 is 0 Å². The van der Waals surface area contributed by atoms with Crippen LogP contribution in [0.4, 0.5) is 0 Å². The van der Waals surface area contributed by atoms with Gasteiger partial charge in [0.05, 0.1) is 7.11 Å². The molecule has 0 atom stereocenters. The molecule has 0 unspecified atom stereocenters. The van der Waals surface area contributed by atoms with Crippen molar-refractivity contribution in [2.24, 2.45) is 5.73 Å². The number of ether oxygens (including phenoxy) is 1. The number of rotatable bonds is 3. The zero-order valence-corrected chi connectivity index (χ0v) is 10.7. The molecule has 0 fully saturated rings. The third-order valence-corrected chi connectivity index (χ3v) is 2.65. The monoisotopic (exact) mass is 223 g/mol. The fraction of sp³-hybridized carbons (Fsp3) is 0.538. The molecule has 3 nitrogen and oxygen atoms in total. The summed E-state index contributed by atoms with van der Waals surface area (Å²) in [6.45, 7) is 7.78. The van der Waals surface area contributed by atoms with E-state index in [1.54, 1.807) is 7.11 Å². The minimum absolute atomic E-state index is 0.221. The topological polar surface area (TPSA) is 55.5 Å². The molecule has 1 aromatic rings. The summed E-state index contributed by atoms with van der Waals surface area (Å²) in [4.78, 5) is 0. The van der Waals surface area contributed by atoms with Gasteiger partial charge in [-0.15, -0.1) is 0 Å². The first kappa shape index (κ1) is 12.8. The van der Waals surface area contributed by atoms with Gasteiger partial charge in [0.25, 0.3) is 0 Å². The number of benzene rings is 1. The summed E-state index contributed by atoms with van der Waals surface area (Å²) in [5.74, 6) is 0.776. The Labute approximate surface area is 97.2 Å². The van der Waals surface area contributed by atoms with Gasteiger partial charge in [0.15, 0.2) is 11.5 Å². The Hall–Kier alpha value is -1.22. The molecule has 16 heavy (non-hydrogen) atoms. The van der Waals surface area contributed by atoms with E-state index in [2.05, 4.69) is 0 Å². The largest absolute Gasteiger partial charge is 0.504 e. The number of methoxy groups -OCH3 is 1. The smallest absolute Gasteiger partial charge is 0.163 e. The van der Waals surface area contributed by atoms with Gasteiger partial charge in [0.2, 0.25) is 0 Å². The number of phenols is 1. The second kappa shape index (κ2) is 4.34. The minimum Gasteiger partial charge on any atom is -0.504 e. The summed E-state index contributed by atoms with van der Waals surface area (Å²) < 4.78 is 5.22. The van der Waals surface area contributed by atoms with Crippen molar-refractivity contribution in [1.29, 1.82) is 0 Å². The van der Waals surface area contributed by atoms with Crippen LogP contribution in [0, 0.1) is 13.8 Å². The summed E-state index contributed by atoms with van der Waals surface area (Å²) in [7, 11) is 1.57. The van der Waals surface area contributed by atoms with E-state index in [1.807, 2.05) is 33.8 Å². The molecule has 3 N–H and O–H groups in total. The molecule has 0 saturated carbocycles. The molecule has 0 saturated heterocycles. The van der Waals surface area contributed by atoms with Gasteiger partial charge >= 0.3 is 0 Å². The lowest BCUT2D eigenvalue weighted by Crippen LogP contribution is -2.34. The highest BCUT2D eigenvalue weighted by atomic mass is 16.5. The summed E-state index contributed by atoms with van der Waals surface area (Å²) >= 11 is 0. The van der Waals surface area contributed by atoms with E-state index in [0.29, 0.717) is 5.75 Å². The maximum Gasteiger partial charge on any atom is 0.163 e. The summed E-state index contributed by atoms with van der Waals surface area (Å²) in [5, 5.41) is 9.84. The van der Waals surface area contributed by atoms with Crippen molar-refractivity contribution in [3.63, 3.8) is 0 Å². The van der Waals surface area contributed by atoms with Crippen molar-refractivity contribution in [3.8, 4) is 11.5 Å². The van der Waals surface area contributed by atoms with Crippen LogP contribution in [-0.2, 0) is 6.42 Å². The van der Waals surface area contributed by atoms with E-state index in [1.165, 1.54) is 0 Å². The second-order valence-electron chi connectivity index (χ2n) is 5.02. The van der Waals surface area contributed by atoms with Gasteiger partial charge in [0.1, 0.15) is 0 Å². The molecule has 1 aromatic carbocycles. The molecule has 0 heterocycles. The number of hydrogen-bond acceptors (Lipinski definition) is 3. The lowest BCUT2D eigenvalue weighted by atomic mass is 9.91.